The largest absolute Gasteiger partial charge is 0.357 e. The lowest BCUT2D eigenvalue weighted by atomic mass is 10.6. The topological polar surface area (TPSA) is 70.6 Å². The van der Waals surface area contributed by atoms with Gasteiger partial charge in [0.15, 0.2) is 15.8 Å². The van der Waals surface area contributed by atoms with Crippen LogP contribution >= 0.6 is 24.0 Å². The van der Waals surface area contributed by atoms with Gasteiger partial charge in [-0.15, -0.1) is 24.0 Å². The number of guanidine groups is 1. The van der Waals surface area contributed by atoms with E-state index >= 15 is 0 Å². The molecule has 2 N–H and O–H groups in total. The zero-order valence-corrected chi connectivity index (χ0v) is 13.5. The summed E-state index contributed by atoms with van der Waals surface area (Å²) in [6, 6.07) is 0.528. The van der Waals surface area contributed by atoms with E-state index < -0.39 is 9.84 Å². The molecule has 1 aliphatic carbocycles. The van der Waals surface area contributed by atoms with Crippen LogP contribution in [0.3, 0.4) is 0 Å². The number of nitrogens with one attached hydrogen (secondary N) is 2. The van der Waals surface area contributed by atoms with Crippen LogP contribution in [0.2, 0.25) is 0 Å². The number of aliphatic imine (C=N–C) groups is 1. The van der Waals surface area contributed by atoms with Gasteiger partial charge < -0.3 is 10.6 Å². The molecule has 0 bridgehead atoms. The van der Waals surface area contributed by atoms with Crippen LogP contribution < -0.4 is 10.6 Å². The average molecular weight is 375 g/mol. The molecule has 0 aromatic rings. The molecule has 102 valence electrons. The highest BCUT2D eigenvalue weighted by atomic mass is 127. The zero-order chi connectivity index (χ0) is 12.0. The molecule has 1 saturated carbocycles. The Hall–Kier alpha value is -0.0500. The number of rotatable bonds is 6. The second-order valence-corrected chi connectivity index (χ2v) is 6.39. The summed E-state index contributed by atoms with van der Waals surface area (Å²) < 4.78 is 22.5. The molecular weight excluding hydrogens is 353 g/mol. The molecule has 5 nitrogen and oxygen atoms in total. The van der Waals surface area contributed by atoms with E-state index in [1.54, 1.807) is 6.92 Å². The number of sulfone groups is 1. The molecule has 0 heterocycles. The lowest BCUT2D eigenvalue weighted by Crippen LogP contribution is -2.38. The van der Waals surface area contributed by atoms with Crippen LogP contribution in [0.5, 0.6) is 0 Å². The fourth-order valence-corrected chi connectivity index (χ4v) is 1.84. The Morgan fingerprint density at radius 2 is 2.00 bits per heavy atom. The van der Waals surface area contributed by atoms with Gasteiger partial charge in [0.25, 0.3) is 0 Å². The van der Waals surface area contributed by atoms with Crippen LogP contribution in [0, 0.1) is 0 Å². The Morgan fingerprint density at radius 3 is 2.47 bits per heavy atom. The van der Waals surface area contributed by atoms with Gasteiger partial charge in [-0.2, -0.15) is 0 Å². The quantitative estimate of drug-likeness (QED) is 0.409. The molecule has 0 atom stereocenters. The van der Waals surface area contributed by atoms with E-state index in [2.05, 4.69) is 15.6 Å². The van der Waals surface area contributed by atoms with Gasteiger partial charge in [0, 0.05) is 18.3 Å². The molecule has 1 rings (SSSR count). The Kier molecular flexibility index (Phi) is 8.10. The van der Waals surface area contributed by atoms with Crippen LogP contribution in [0.4, 0.5) is 0 Å². The number of nitrogens with zero attached hydrogens (tertiary/aromatic N) is 1. The first-order valence-corrected chi connectivity index (χ1v) is 7.64. The first-order valence-electron chi connectivity index (χ1n) is 5.82. The smallest absolute Gasteiger partial charge is 0.191 e. The van der Waals surface area contributed by atoms with Crippen molar-refractivity contribution in [1.82, 2.24) is 10.6 Å². The second kappa shape index (κ2) is 8.12. The van der Waals surface area contributed by atoms with E-state index in [0.717, 1.165) is 12.5 Å². The van der Waals surface area contributed by atoms with Gasteiger partial charge in [-0.25, -0.2) is 8.42 Å². The summed E-state index contributed by atoms with van der Waals surface area (Å²) in [6.07, 6.45) is 2.36. The van der Waals surface area contributed by atoms with Crippen LogP contribution in [0.25, 0.3) is 0 Å². The Balaban J connectivity index is 0.00000256. The molecule has 7 heteroatoms. The summed E-state index contributed by atoms with van der Waals surface area (Å²) in [4.78, 5) is 4.24. The highest BCUT2D eigenvalue weighted by molar-refractivity contribution is 14.0. The summed E-state index contributed by atoms with van der Waals surface area (Å²) in [7, 11) is -2.91. The van der Waals surface area contributed by atoms with E-state index in [4.69, 9.17) is 0 Å². The van der Waals surface area contributed by atoms with Crippen molar-refractivity contribution in [2.45, 2.75) is 32.7 Å². The lowest BCUT2D eigenvalue weighted by molar-refractivity contribution is 0.597. The first-order chi connectivity index (χ1) is 7.57. The Morgan fingerprint density at radius 1 is 1.35 bits per heavy atom. The average Bonchev–Trinajstić information content (AvgIpc) is 3.02. The van der Waals surface area contributed by atoms with Gasteiger partial charge in [0.2, 0.25) is 0 Å². The van der Waals surface area contributed by atoms with Gasteiger partial charge >= 0.3 is 0 Å². The minimum absolute atomic E-state index is 0. The molecule has 1 fully saturated rings. The molecule has 0 aromatic carbocycles. The van der Waals surface area contributed by atoms with E-state index in [1.165, 1.54) is 12.8 Å². The zero-order valence-electron chi connectivity index (χ0n) is 10.4. The van der Waals surface area contributed by atoms with E-state index in [9.17, 15) is 8.42 Å². The van der Waals surface area contributed by atoms with Crippen LogP contribution in [0.1, 0.15) is 26.7 Å². The molecular formula is C10H22IN3O2S. The summed E-state index contributed by atoms with van der Waals surface area (Å²) in [5.41, 5.74) is 0. The van der Waals surface area contributed by atoms with Crippen molar-refractivity contribution in [1.29, 1.82) is 0 Å². The normalized spacial score (nSPS) is 16.2. The molecule has 0 saturated heterocycles. The molecule has 0 spiro atoms. The molecule has 0 unspecified atom stereocenters. The maximum absolute atomic E-state index is 11.3. The third-order valence-corrected chi connectivity index (χ3v) is 4.06. The highest BCUT2D eigenvalue weighted by Gasteiger charge is 2.22. The van der Waals surface area contributed by atoms with Crippen molar-refractivity contribution in [3.05, 3.63) is 0 Å². The molecule has 1 aliphatic rings. The van der Waals surface area contributed by atoms with E-state index in [0.29, 0.717) is 12.6 Å². The molecule has 0 radical (unpaired) electrons. The molecule has 17 heavy (non-hydrogen) atoms. The maximum Gasteiger partial charge on any atom is 0.191 e. The van der Waals surface area contributed by atoms with Crippen molar-refractivity contribution in [2.75, 3.05) is 24.6 Å². The first kappa shape index (κ1) is 16.9. The standard InChI is InChI=1S/C10H21N3O2S.HI/c1-3-11-10(13-9-5-6-9)12-7-8-16(14,15)4-2;/h9H,3-8H2,1-2H3,(H2,11,12,13);1H. The molecule has 0 aromatic heterocycles. The Labute approximate surface area is 121 Å². The highest BCUT2D eigenvalue weighted by Crippen LogP contribution is 2.18. The summed E-state index contributed by atoms with van der Waals surface area (Å²) in [6.45, 7) is 4.77. The van der Waals surface area contributed by atoms with E-state index in [-0.39, 0.29) is 35.5 Å². The molecule has 0 aliphatic heterocycles. The number of hydrogen-bond donors (Lipinski definition) is 2. The van der Waals surface area contributed by atoms with Crippen LogP contribution in [0.15, 0.2) is 4.99 Å². The van der Waals surface area contributed by atoms with Crippen molar-refractivity contribution < 1.29 is 8.42 Å². The lowest BCUT2D eigenvalue weighted by Gasteiger charge is -2.09. The number of hydrogen-bond acceptors (Lipinski definition) is 3. The van der Waals surface area contributed by atoms with Crippen molar-refractivity contribution >= 4 is 39.8 Å². The second-order valence-electron chi connectivity index (χ2n) is 3.92. The minimum atomic E-state index is -2.91. The number of halogens is 1. The third-order valence-electron chi connectivity index (χ3n) is 2.37. The third kappa shape index (κ3) is 7.80. The van der Waals surface area contributed by atoms with Crippen molar-refractivity contribution in [2.24, 2.45) is 4.99 Å². The van der Waals surface area contributed by atoms with Crippen molar-refractivity contribution in [3.63, 3.8) is 0 Å². The van der Waals surface area contributed by atoms with Gasteiger partial charge in [0.05, 0.1) is 12.3 Å². The fourth-order valence-electron chi connectivity index (χ4n) is 1.18. The monoisotopic (exact) mass is 375 g/mol. The summed E-state index contributed by atoms with van der Waals surface area (Å²) in [5.74, 6) is 1.05. The van der Waals surface area contributed by atoms with E-state index in [1.807, 2.05) is 6.92 Å². The minimum Gasteiger partial charge on any atom is -0.357 e. The van der Waals surface area contributed by atoms with Crippen LogP contribution in [-0.2, 0) is 9.84 Å². The summed E-state index contributed by atoms with van der Waals surface area (Å²) >= 11 is 0. The SMILES string of the molecule is CCNC(=NCCS(=O)(=O)CC)NC1CC1.I. The van der Waals surface area contributed by atoms with Crippen LogP contribution in [-0.4, -0.2) is 45.0 Å². The molecule has 0 amide bonds. The van der Waals surface area contributed by atoms with Gasteiger partial charge in [-0.1, -0.05) is 6.92 Å². The maximum atomic E-state index is 11.3. The predicted octanol–water partition coefficient (Wildman–Crippen LogP) is 0.757. The van der Waals surface area contributed by atoms with Gasteiger partial charge in [-0.05, 0) is 19.8 Å². The fraction of sp³-hybridized carbons (Fsp3) is 0.900. The van der Waals surface area contributed by atoms with Gasteiger partial charge in [-0.3, -0.25) is 4.99 Å². The summed E-state index contributed by atoms with van der Waals surface area (Å²) in [5, 5.41) is 6.34. The Bertz CT molecular complexity index is 339. The van der Waals surface area contributed by atoms with Gasteiger partial charge in [0.1, 0.15) is 0 Å². The van der Waals surface area contributed by atoms with Crippen molar-refractivity contribution in [3.8, 4) is 0 Å². The predicted molar refractivity (Wildman–Crippen MR) is 81.9 cm³/mol.